The van der Waals surface area contributed by atoms with Crippen molar-refractivity contribution in [1.82, 2.24) is 0 Å². The molecule has 0 radical (unpaired) electrons. The topological polar surface area (TPSA) is 80.4 Å². The van der Waals surface area contributed by atoms with Gasteiger partial charge in [-0.2, -0.15) is 8.42 Å². The maximum absolute atomic E-state index is 11.7. The molecule has 4 nitrogen and oxygen atoms in total. The summed E-state index contributed by atoms with van der Waals surface area (Å²) in [6.07, 6.45) is 0. The van der Waals surface area contributed by atoms with Crippen LogP contribution in [-0.4, -0.2) is 13.0 Å². The second kappa shape index (κ2) is 4.70. The molecular weight excluding hydrogens is 273 g/mol. The molecule has 0 saturated heterocycles. The molecule has 0 bridgehead atoms. The van der Waals surface area contributed by atoms with Crippen molar-refractivity contribution >= 4 is 10.1 Å². The predicted octanol–water partition coefficient (Wildman–Crippen LogP) is -1.28. The summed E-state index contributed by atoms with van der Waals surface area (Å²) >= 11 is 0. The van der Waals surface area contributed by atoms with Crippen LogP contribution in [-0.2, 0) is 15.0 Å². The molecule has 0 aromatic heterocycles. The van der Waals surface area contributed by atoms with Crippen molar-refractivity contribution < 1.29 is 42.5 Å². The molecule has 6 heteroatoms. The smallest absolute Gasteiger partial charge is 0.303 e. The first-order valence-electron chi connectivity index (χ1n) is 5.41. The summed E-state index contributed by atoms with van der Waals surface area (Å²) in [5.41, 5.74) is 8.33. The summed E-state index contributed by atoms with van der Waals surface area (Å²) in [4.78, 5) is -1.87. The Balaban J connectivity index is 0.00000133. The largest absolute Gasteiger partial charge is 1.00 e. The van der Waals surface area contributed by atoms with Crippen LogP contribution in [0.1, 0.15) is 11.1 Å². The van der Waals surface area contributed by atoms with Gasteiger partial charge in [0.05, 0.1) is 0 Å². The number of hydrogen-bond donors (Lipinski definition) is 2. The first-order chi connectivity index (χ1) is 8.46. The fourth-order valence-corrected chi connectivity index (χ4v) is 3.42. The van der Waals surface area contributed by atoms with Crippen LogP contribution in [0.2, 0.25) is 0 Å². The summed E-state index contributed by atoms with van der Waals surface area (Å²) in [7, 11) is -4.45. The number of benzene rings is 2. The third-order valence-electron chi connectivity index (χ3n) is 3.35. The fraction of sp³-hybridized carbons (Fsp3) is 0.0769. The van der Waals surface area contributed by atoms with Crippen molar-refractivity contribution in [3.05, 3.63) is 59.7 Å². The molecule has 3 N–H and O–H groups in total. The van der Waals surface area contributed by atoms with Crippen molar-refractivity contribution in [3.8, 4) is 11.1 Å². The van der Waals surface area contributed by atoms with Crippen LogP contribution in [0, 0.1) is 0 Å². The Kier molecular flexibility index (Phi) is 3.64. The number of hydrogen-bond acceptors (Lipinski definition) is 3. The van der Waals surface area contributed by atoms with Crippen LogP contribution in [0.5, 0.6) is 0 Å². The quantitative estimate of drug-likeness (QED) is 0.505. The Morgan fingerprint density at radius 1 is 0.895 bits per heavy atom. The second-order valence-electron chi connectivity index (χ2n) is 4.30. The molecule has 0 atom stereocenters. The van der Waals surface area contributed by atoms with Gasteiger partial charge in [0.1, 0.15) is 0 Å². The SMILES string of the molecule is NC1(S(=O)(=O)O)c2ccccc2-c2ccccc21.[Na+]. The van der Waals surface area contributed by atoms with E-state index in [9.17, 15) is 13.0 Å². The molecule has 0 heterocycles. The minimum Gasteiger partial charge on any atom is -0.303 e. The minimum absolute atomic E-state index is 0. The van der Waals surface area contributed by atoms with E-state index in [-0.39, 0.29) is 29.6 Å². The molecule has 2 aromatic rings. The Hall–Kier alpha value is -0.690. The van der Waals surface area contributed by atoms with Gasteiger partial charge in [-0.1, -0.05) is 48.5 Å². The van der Waals surface area contributed by atoms with Gasteiger partial charge in [-0.15, -0.1) is 0 Å². The van der Waals surface area contributed by atoms with E-state index in [0.29, 0.717) is 11.1 Å². The number of fused-ring (bicyclic) bond motifs is 3. The molecule has 2 aromatic carbocycles. The maximum atomic E-state index is 11.7. The molecule has 19 heavy (non-hydrogen) atoms. The Bertz CT molecular complexity index is 698. The van der Waals surface area contributed by atoms with Crippen LogP contribution in [0.3, 0.4) is 0 Å². The fourth-order valence-electron chi connectivity index (χ4n) is 2.51. The van der Waals surface area contributed by atoms with Crippen molar-refractivity contribution in [3.63, 3.8) is 0 Å². The number of rotatable bonds is 1. The van der Waals surface area contributed by atoms with E-state index in [2.05, 4.69) is 0 Å². The summed E-state index contributed by atoms with van der Waals surface area (Å²) in [5, 5.41) is 0. The normalized spacial score (nSPS) is 15.3. The molecule has 1 aliphatic rings. The van der Waals surface area contributed by atoms with E-state index in [4.69, 9.17) is 5.73 Å². The third-order valence-corrected chi connectivity index (χ3v) is 4.61. The Morgan fingerprint density at radius 3 is 1.63 bits per heavy atom. The summed E-state index contributed by atoms with van der Waals surface area (Å²) in [6.45, 7) is 0. The van der Waals surface area contributed by atoms with Crippen molar-refractivity contribution in [2.75, 3.05) is 0 Å². The van der Waals surface area contributed by atoms with E-state index in [1.807, 2.05) is 12.1 Å². The standard InChI is InChI=1S/C13H11NO3S.Na/c14-13(18(15,16)17)11-7-3-1-5-9(11)10-6-2-4-8-12(10)13;/h1-8H,14H2,(H,15,16,17);/q;+1. The second-order valence-corrected chi connectivity index (χ2v) is 5.90. The molecule has 3 rings (SSSR count). The van der Waals surface area contributed by atoms with Crippen molar-refractivity contribution in [2.24, 2.45) is 5.73 Å². The van der Waals surface area contributed by atoms with Crippen LogP contribution < -0.4 is 35.3 Å². The van der Waals surface area contributed by atoms with Gasteiger partial charge in [0.15, 0.2) is 4.87 Å². The molecule has 0 fully saturated rings. The monoisotopic (exact) mass is 284 g/mol. The number of nitrogens with two attached hydrogens (primary N) is 1. The van der Waals surface area contributed by atoms with E-state index in [0.717, 1.165) is 11.1 Å². The van der Waals surface area contributed by atoms with Gasteiger partial charge in [0.25, 0.3) is 10.1 Å². The van der Waals surface area contributed by atoms with Crippen LogP contribution >= 0.6 is 0 Å². The molecule has 0 unspecified atom stereocenters. The van der Waals surface area contributed by atoms with Gasteiger partial charge in [-0.25, -0.2) is 0 Å². The zero-order chi connectivity index (χ0) is 13.0. The van der Waals surface area contributed by atoms with Gasteiger partial charge in [-0.05, 0) is 11.1 Å². The molecular formula is C13H11NNaO3S+. The molecule has 0 aliphatic heterocycles. The summed E-state index contributed by atoms with van der Waals surface area (Å²) < 4.78 is 32.9. The Labute approximate surface area is 133 Å². The van der Waals surface area contributed by atoms with Crippen LogP contribution in [0.4, 0.5) is 0 Å². The van der Waals surface area contributed by atoms with E-state index in [1.165, 1.54) is 0 Å². The van der Waals surface area contributed by atoms with Crippen molar-refractivity contribution in [1.29, 1.82) is 0 Å². The van der Waals surface area contributed by atoms with Crippen LogP contribution in [0.25, 0.3) is 11.1 Å². The summed E-state index contributed by atoms with van der Waals surface area (Å²) in [6, 6.07) is 13.9. The predicted molar refractivity (Wildman–Crippen MR) is 68.4 cm³/mol. The zero-order valence-electron chi connectivity index (χ0n) is 10.4. The average Bonchev–Trinajstić information content (AvgIpc) is 2.62. The van der Waals surface area contributed by atoms with Gasteiger partial charge in [0.2, 0.25) is 0 Å². The molecule has 0 spiro atoms. The van der Waals surface area contributed by atoms with Gasteiger partial charge in [0, 0.05) is 11.1 Å². The average molecular weight is 284 g/mol. The van der Waals surface area contributed by atoms with E-state index >= 15 is 0 Å². The zero-order valence-corrected chi connectivity index (χ0v) is 13.2. The minimum atomic E-state index is -4.45. The van der Waals surface area contributed by atoms with Gasteiger partial charge >= 0.3 is 29.6 Å². The van der Waals surface area contributed by atoms with E-state index < -0.39 is 15.0 Å². The van der Waals surface area contributed by atoms with Gasteiger partial charge < -0.3 is 5.73 Å². The molecule has 0 saturated carbocycles. The molecule has 92 valence electrons. The molecule has 0 amide bonds. The molecule has 1 aliphatic carbocycles. The van der Waals surface area contributed by atoms with Crippen LogP contribution in [0.15, 0.2) is 48.5 Å². The van der Waals surface area contributed by atoms with E-state index in [1.54, 1.807) is 36.4 Å². The maximum Gasteiger partial charge on any atom is 1.00 e. The van der Waals surface area contributed by atoms with Crippen molar-refractivity contribution in [2.45, 2.75) is 4.87 Å². The first kappa shape index (κ1) is 14.7. The summed E-state index contributed by atoms with van der Waals surface area (Å²) in [5.74, 6) is 0. The first-order valence-corrected chi connectivity index (χ1v) is 6.85. The Morgan fingerprint density at radius 2 is 1.26 bits per heavy atom. The third kappa shape index (κ3) is 1.89. The van der Waals surface area contributed by atoms with Gasteiger partial charge in [-0.3, -0.25) is 4.55 Å².